The SMILES string of the molecule is Cc1nc(C(=O)N2CCCCC2C(N)=O)c(-c2ccccc2F)s1. The topological polar surface area (TPSA) is 76.3 Å². The number of rotatable bonds is 3. The van der Waals surface area contributed by atoms with Crippen LogP contribution >= 0.6 is 11.3 Å². The van der Waals surface area contributed by atoms with E-state index in [0.29, 0.717) is 28.4 Å². The Bertz CT molecular complexity index is 790. The summed E-state index contributed by atoms with van der Waals surface area (Å²) in [5.74, 6) is -1.27. The second kappa shape index (κ2) is 6.68. The summed E-state index contributed by atoms with van der Waals surface area (Å²) in [4.78, 5) is 30.9. The fourth-order valence-corrected chi connectivity index (χ4v) is 3.94. The third kappa shape index (κ3) is 3.03. The minimum Gasteiger partial charge on any atom is -0.368 e. The summed E-state index contributed by atoms with van der Waals surface area (Å²) in [5.41, 5.74) is 5.98. The van der Waals surface area contributed by atoms with E-state index >= 15 is 0 Å². The van der Waals surface area contributed by atoms with Crippen LogP contribution in [-0.4, -0.2) is 34.3 Å². The van der Waals surface area contributed by atoms with Gasteiger partial charge < -0.3 is 10.6 Å². The monoisotopic (exact) mass is 347 g/mol. The molecule has 1 atom stereocenters. The zero-order chi connectivity index (χ0) is 17.3. The van der Waals surface area contributed by atoms with E-state index in [9.17, 15) is 14.0 Å². The highest BCUT2D eigenvalue weighted by Crippen LogP contribution is 2.33. The molecule has 0 spiro atoms. The Hall–Kier alpha value is -2.28. The van der Waals surface area contributed by atoms with Crippen LogP contribution in [0.3, 0.4) is 0 Å². The second-order valence-corrected chi connectivity index (χ2v) is 7.01. The number of amides is 2. The summed E-state index contributed by atoms with van der Waals surface area (Å²) in [6.45, 7) is 2.23. The standard InChI is InChI=1S/C17H18FN3O2S/c1-10-20-14(15(24-10)11-6-2-3-7-12(11)18)17(23)21-9-5-4-8-13(21)16(19)22/h2-3,6-7,13H,4-5,8-9H2,1H3,(H2,19,22). The number of piperidine rings is 1. The van der Waals surface area contributed by atoms with Gasteiger partial charge in [0.25, 0.3) is 5.91 Å². The summed E-state index contributed by atoms with van der Waals surface area (Å²) in [5, 5.41) is 0.671. The maximum absolute atomic E-state index is 14.2. The average Bonchev–Trinajstić information content (AvgIpc) is 2.96. The Morgan fingerprint density at radius 1 is 1.33 bits per heavy atom. The normalized spacial score (nSPS) is 17.8. The molecule has 0 radical (unpaired) electrons. The smallest absolute Gasteiger partial charge is 0.274 e. The van der Waals surface area contributed by atoms with Gasteiger partial charge in [-0.2, -0.15) is 0 Å². The number of primary amides is 1. The number of nitrogens with two attached hydrogens (primary N) is 1. The molecule has 7 heteroatoms. The molecule has 1 fully saturated rings. The van der Waals surface area contributed by atoms with Gasteiger partial charge in [-0.3, -0.25) is 9.59 Å². The molecule has 0 saturated carbocycles. The molecule has 0 bridgehead atoms. The number of aromatic nitrogens is 1. The van der Waals surface area contributed by atoms with Crippen molar-refractivity contribution in [1.82, 2.24) is 9.88 Å². The van der Waals surface area contributed by atoms with Gasteiger partial charge in [0, 0.05) is 12.1 Å². The molecule has 2 amide bonds. The first-order chi connectivity index (χ1) is 11.5. The molecule has 0 aliphatic carbocycles. The fourth-order valence-electron chi connectivity index (χ4n) is 3.01. The molecular weight excluding hydrogens is 329 g/mol. The van der Waals surface area contributed by atoms with E-state index in [-0.39, 0.29) is 11.6 Å². The molecule has 3 rings (SSSR count). The lowest BCUT2D eigenvalue weighted by Gasteiger charge is -2.33. The first-order valence-electron chi connectivity index (χ1n) is 7.81. The maximum Gasteiger partial charge on any atom is 0.274 e. The highest BCUT2D eigenvalue weighted by atomic mass is 32.1. The summed E-state index contributed by atoms with van der Waals surface area (Å²) in [6, 6.07) is 5.67. The molecule has 1 unspecified atom stereocenters. The van der Waals surface area contributed by atoms with Gasteiger partial charge in [-0.25, -0.2) is 9.37 Å². The Labute approximate surface area is 143 Å². The van der Waals surface area contributed by atoms with E-state index in [1.54, 1.807) is 25.1 Å². The van der Waals surface area contributed by atoms with Crippen LogP contribution in [0.1, 0.15) is 34.8 Å². The van der Waals surface area contributed by atoms with Crippen LogP contribution in [-0.2, 0) is 4.79 Å². The third-order valence-electron chi connectivity index (χ3n) is 4.15. The fraction of sp³-hybridized carbons (Fsp3) is 0.353. The first-order valence-corrected chi connectivity index (χ1v) is 8.63. The molecule has 1 aliphatic heterocycles. The van der Waals surface area contributed by atoms with Crippen molar-refractivity contribution >= 4 is 23.2 Å². The molecule has 2 heterocycles. The van der Waals surface area contributed by atoms with Crippen LogP contribution in [0.25, 0.3) is 10.4 Å². The minimum atomic E-state index is -0.623. The van der Waals surface area contributed by atoms with Crippen LogP contribution in [0.2, 0.25) is 0 Å². The van der Waals surface area contributed by atoms with Crippen molar-refractivity contribution < 1.29 is 14.0 Å². The number of benzene rings is 1. The van der Waals surface area contributed by atoms with Crippen LogP contribution < -0.4 is 5.73 Å². The van der Waals surface area contributed by atoms with Crippen molar-refractivity contribution in [1.29, 1.82) is 0 Å². The van der Waals surface area contributed by atoms with Crippen LogP contribution in [0.5, 0.6) is 0 Å². The van der Waals surface area contributed by atoms with Crippen molar-refractivity contribution in [2.24, 2.45) is 5.73 Å². The summed E-state index contributed by atoms with van der Waals surface area (Å²) < 4.78 is 14.2. The molecule has 1 aliphatic rings. The van der Waals surface area contributed by atoms with Gasteiger partial charge in [-0.1, -0.05) is 18.2 Å². The second-order valence-electron chi connectivity index (χ2n) is 5.80. The first kappa shape index (κ1) is 16.6. The third-order valence-corrected chi connectivity index (χ3v) is 5.15. The summed E-state index contributed by atoms with van der Waals surface area (Å²) in [6.07, 6.45) is 2.22. The summed E-state index contributed by atoms with van der Waals surface area (Å²) >= 11 is 1.27. The molecular formula is C17H18FN3O2S. The Balaban J connectivity index is 2.02. The Morgan fingerprint density at radius 3 is 2.79 bits per heavy atom. The van der Waals surface area contributed by atoms with Crippen LogP contribution in [0.4, 0.5) is 4.39 Å². The quantitative estimate of drug-likeness (QED) is 0.927. The zero-order valence-corrected chi connectivity index (χ0v) is 14.1. The molecule has 1 saturated heterocycles. The van der Waals surface area contributed by atoms with E-state index in [1.165, 1.54) is 22.3 Å². The van der Waals surface area contributed by atoms with Gasteiger partial charge in [0.2, 0.25) is 5.91 Å². The number of nitrogens with zero attached hydrogens (tertiary/aromatic N) is 2. The van der Waals surface area contributed by atoms with E-state index < -0.39 is 17.8 Å². The number of halogens is 1. The molecule has 1 aromatic carbocycles. The zero-order valence-electron chi connectivity index (χ0n) is 13.3. The van der Waals surface area contributed by atoms with Crippen molar-refractivity contribution in [3.8, 4) is 10.4 Å². The van der Waals surface area contributed by atoms with Gasteiger partial charge >= 0.3 is 0 Å². The molecule has 5 nitrogen and oxygen atoms in total. The van der Waals surface area contributed by atoms with Crippen LogP contribution in [0, 0.1) is 12.7 Å². The van der Waals surface area contributed by atoms with Crippen molar-refractivity contribution in [2.75, 3.05) is 6.54 Å². The molecule has 126 valence electrons. The predicted octanol–water partition coefficient (Wildman–Crippen LogP) is 2.74. The molecule has 2 aromatic rings. The number of likely N-dealkylation sites (tertiary alicyclic amines) is 1. The lowest BCUT2D eigenvalue weighted by atomic mass is 10.0. The lowest BCUT2D eigenvalue weighted by molar-refractivity contribution is -0.123. The molecule has 1 aromatic heterocycles. The largest absolute Gasteiger partial charge is 0.368 e. The van der Waals surface area contributed by atoms with Gasteiger partial charge in [-0.15, -0.1) is 11.3 Å². The van der Waals surface area contributed by atoms with E-state index in [1.807, 2.05) is 0 Å². The van der Waals surface area contributed by atoms with Crippen molar-refractivity contribution in [3.63, 3.8) is 0 Å². The summed E-state index contributed by atoms with van der Waals surface area (Å²) in [7, 11) is 0. The van der Waals surface area contributed by atoms with Gasteiger partial charge in [-0.05, 0) is 32.3 Å². The van der Waals surface area contributed by atoms with Gasteiger partial charge in [0.1, 0.15) is 17.6 Å². The highest BCUT2D eigenvalue weighted by Gasteiger charge is 2.34. The highest BCUT2D eigenvalue weighted by molar-refractivity contribution is 7.15. The Kier molecular flexibility index (Phi) is 4.62. The average molecular weight is 347 g/mol. The lowest BCUT2D eigenvalue weighted by Crippen LogP contribution is -2.50. The number of hydrogen-bond acceptors (Lipinski definition) is 4. The van der Waals surface area contributed by atoms with E-state index in [2.05, 4.69) is 4.98 Å². The number of aryl methyl sites for hydroxylation is 1. The number of hydrogen-bond donors (Lipinski definition) is 1. The Morgan fingerprint density at radius 2 is 2.08 bits per heavy atom. The van der Waals surface area contributed by atoms with Gasteiger partial charge in [0.05, 0.1) is 9.88 Å². The maximum atomic E-state index is 14.2. The van der Waals surface area contributed by atoms with Gasteiger partial charge in [0.15, 0.2) is 0 Å². The molecule has 2 N–H and O–H groups in total. The predicted molar refractivity (Wildman–Crippen MR) is 90.1 cm³/mol. The number of carbonyl (C=O) groups is 2. The van der Waals surface area contributed by atoms with Crippen molar-refractivity contribution in [3.05, 3.63) is 40.8 Å². The van der Waals surface area contributed by atoms with E-state index in [0.717, 1.165) is 12.8 Å². The van der Waals surface area contributed by atoms with Crippen LogP contribution in [0.15, 0.2) is 24.3 Å². The number of thiazole rings is 1. The molecule has 24 heavy (non-hydrogen) atoms. The minimum absolute atomic E-state index is 0.191. The van der Waals surface area contributed by atoms with E-state index in [4.69, 9.17) is 5.73 Å². The van der Waals surface area contributed by atoms with Crippen molar-refractivity contribution in [2.45, 2.75) is 32.2 Å². The number of carbonyl (C=O) groups excluding carboxylic acids is 2.